The molecule has 0 heterocycles. The molecule has 3 atom stereocenters. The van der Waals surface area contributed by atoms with E-state index in [0.29, 0.717) is 10.6 Å². The molecule has 0 aliphatic heterocycles. The highest BCUT2D eigenvalue weighted by Crippen LogP contribution is 2.54. The Morgan fingerprint density at radius 1 is 1.00 bits per heavy atom. The molecule has 1 saturated carbocycles. The van der Waals surface area contributed by atoms with Crippen LogP contribution in [0.25, 0.3) is 0 Å². The van der Waals surface area contributed by atoms with Crippen LogP contribution in [-0.4, -0.2) is 24.7 Å². The van der Waals surface area contributed by atoms with Gasteiger partial charge in [0.1, 0.15) is 0 Å². The van der Waals surface area contributed by atoms with Crippen molar-refractivity contribution in [2.24, 2.45) is 5.92 Å². The van der Waals surface area contributed by atoms with Gasteiger partial charge in [-0.05, 0) is 29.8 Å². The summed E-state index contributed by atoms with van der Waals surface area (Å²) in [4.78, 5) is 11.6. The highest BCUT2D eigenvalue weighted by atomic mass is 35.5. The predicted octanol–water partition coefficient (Wildman–Crippen LogP) is 2.98. The molecule has 4 nitrogen and oxygen atoms in total. The fraction of sp³-hybridized carbons (Fsp3) is 0.188. The van der Waals surface area contributed by atoms with Crippen LogP contribution in [0.4, 0.5) is 0 Å². The van der Waals surface area contributed by atoms with E-state index in [0.717, 1.165) is 0 Å². The van der Waals surface area contributed by atoms with Crippen molar-refractivity contribution in [1.29, 1.82) is 0 Å². The van der Waals surface area contributed by atoms with Gasteiger partial charge in [-0.1, -0.05) is 41.9 Å². The first-order chi connectivity index (χ1) is 10.4. The summed E-state index contributed by atoms with van der Waals surface area (Å²) in [6, 6.07) is 14.6. The second kappa shape index (κ2) is 5.41. The molecule has 114 valence electrons. The number of halogens is 1. The number of carboxylic acids is 1. The smallest absolute Gasteiger partial charge is 0.308 e. The zero-order chi connectivity index (χ0) is 15.9. The maximum Gasteiger partial charge on any atom is 0.308 e. The molecule has 0 radical (unpaired) electrons. The fourth-order valence-electron chi connectivity index (χ4n) is 2.81. The summed E-state index contributed by atoms with van der Waals surface area (Å²) in [5.74, 6) is -2.56. The topological polar surface area (TPSA) is 71.4 Å². The maximum absolute atomic E-state index is 12.7. The van der Waals surface area contributed by atoms with Crippen LogP contribution in [0.1, 0.15) is 11.5 Å². The zero-order valence-corrected chi connectivity index (χ0v) is 13.0. The third-order valence-electron chi connectivity index (χ3n) is 3.92. The Bertz CT molecular complexity index is 800. The van der Waals surface area contributed by atoms with Gasteiger partial charge < -0.3 is 5.11 Å². The van der Waals surface area contributed by atoms with Crippen molar-refractivity contribution in [3.8, 4) is 0 Å². The first-order valence-corrected chi connectivity index (χ1v) is 8.62. The van der Waals surface area contributed by atoms with Crippen LogP contribution < -0.4 is 0 Å². The summed E-state index contributed by atoms with van der Waals surface area (Å²) in [7, 11) is -3.68. The predicted molar refractivity (Wildman–Crippen MR) is 82.7 cm³/mol. The molecule has 1 N–H and O–H groups in total. The number of sulfone groups is 1. The van der Waals surface area contributed by atoms with Crippen molar-refractivity contribution in [2.45, 2.75) is 16.1 Å². The van der Waals surface area contributed by atoms with E-state index in [1.807, 2.05) is 0 Å². The minimum Gasteiger partial charge on any atom is -0.481 e. The quantitative estimate of drug-likeness (QED) is 0.931. The van der Waals surface area contributed by atoms with Crippen molar-refractivity contribution in [2.75, 3.05) is 0 Å². The molecule has 0 bridgehead atoms. The van der Waals surface area contributed by atoms with E-state index in [-0.39, 0.29) is 4.90 Å². The molecule has 1 fully saturated rings. The molecule has 0 saturated heterocycles. The number of carboxylic acid groups (broad SMARTS) is 1. The summed E-state index contributed by atoms with van der Waals surface area (Å²) in [5.41, 5.74) is 0.682. The lowest BCUT2D eigenvalue weighted by Crippen LogP contribution is -2.13. The van der Waals surface area contributed by atoms with E-state index in [1.165, 1.54) is 12.1 Å². The lowest BCUT2D eigenvalue weighted by atomic mass is 10.1. The molecule has 0 unspecified atom stereocenters. The van der Waals surface area contributed by atoms with Gasteiger partial charge in [0.25, 0.3) is 0 Å². The van der Waals surface area contributed by atoms with Crippen LogP contribution in [0.15, 0.2) is 59.5 Å². The van der Waals surface area contributed by atoms with Crippen molar-refractivity contribution >= 4 is 27.4 Å². The van der Waals surface area contributed by atoms with Crippen molar-refractivity contribution < 1.29 is 18.3 Å². The van der Waals surface area contributed by atoms with E-state index in [2.05, 4.69) is 0 Å². The fourth-order valence-corrected chi connectivity index (χ4v) is 5.08. The Balaban J connectivity index is 1.99. The van der Waals surface area contributed by atoms with Crippen LogP contribution in [0.2, 0.25) is 5.02 Å². The van der Waals surface area contributed by atoms with Gasteiger partial charge in [-0.25, -0.2) is 8.42 Å². The van der Waals surface area contributed by atoms with Gasteiger partial charge in [-0.3, -0.25) is 4.79 Å². The third-order valence-corrected chi connectivity index (χ3v) is 6.41. The lowest BCUT2D eigenvalue weighted by molar-refractivity contribution is -0.138. The molecule has 22 heavy (non-hydrogen) atoms. The molecule has 0 spiro atoms. The molecule has 2 aromatic carbocycles. The van der Waals surface area contributed by atoms with Gasteiger partial charge >= 0.3 is 5.97 Å². The molecule has 0 amide bonds. The summed E-state index contributed by atoms with van der Waals surface area (Å²) < 4.78 is 25.3. The second-order valence-corrected chi connectivity index (χ2v) is 7.81. The second-order valence-electron chi connectivity index (χ2n) is 5.26. The number of aliphatic carboxylic acids is 1. The van der Waals surface area contributed by atoms with Crippen LogP contribution >= 0.6 is 11.6 Å². The Kier molecular flexibility index (Phi) is 3.70. The van der Waals surface area contributed by atoms with E-state index in [9.17, 15) is 18.3 Å². The number of benzene rings is 2. The number of rotatable bonds is 4. The highest BCUT2D eigenvalue weighted by Gasteiger charge is 2.63. The molecule has 1 aliphatic carbocycles. The summed E-state index contributed by atoms with van der Waals surface area (Å²) in [5, 5.41) is 8.92. The van der Waals surface area contributed by atoms with Crippen molar-refractivity contribution in [3.05, 3.63) is 65.2 Å². The zero-order valence-electron chi connectivity index (χ0n) is 11.4. The maximum atomic E-state index is 12.7. The number of hydrogen-bond acceptors (Lipinski definition) is 3. The van der Waals surface area contributed by atoms with Crippen LogP contribution in [0.5, 0.6) is 0 Å². The van der Waals surface area contributed by atoms with Gasteiger partial charge in [-0.15, -0.1) is 0 Å². The Morgan fingerprint density at radius 2 is 1.59 bits per heavy atom. The van der Waals surface area contributed by atoms with Crippen molar-refractivity contribution in [3.63, 3.8) is 0 Å². The van der Waals surface area contributed by atoms with Crippen LogP contribution in [-0.2, 0) is 14.6 Å². The first-order valence-electron chi connectivity index (χ1n) is 6.70. The van der Waals surface area contributed by atoms with Gasteiger partial charge in [0, 0.05) is 10.9 Å². The molecule has 2 aromatic rings. The normalized spacial score (nSPS) is 24.0. The summed E-state index contributed by atoms with van der Waals surface area (Å²) in [6.07, 6.45) is 0. The van der Waals surface area contributed by atoms with Gasteiger partial charge in [-0.2, -0.15) is 0 Å². The van der Waals surface area contributed by atoms with E-state index in [4.69, 9.17) is 11.6 Å². The largest absolute Gasteiger partial charge is 0.481 e. The minimum atomic E-state index is -3.68. The van der Waals surface area contributed by atoms with Crippen molar-refractivity contribution in [1.82, 2.24) is 0 Å². The number of hydrogen-bond donors (Lipinski definition) is 1. The monoisotopic (exact) mass is 336 g/mol. The number of carbonyl (C=O) groups is 1. The average molecular weight is 337 g/mol. The van der Waals surface area contributed by atoms with Gasteiger partial charge in [0.2, 0.25) is 0 Å². The minimum absolute atomic E-state index is 0.155. The van der Waals surface area contributed by atoms with Gasteiger partial charge in [0.15, 0.2) is 9.84 Å². The molecule has 0 aromatic heterocycles. The van der Waals surface area contributed by atoms with E-state index >= 15 is 0 Å². The molecule has 6 heteroatoms. The molecule has 1 aliphatic rings. The highest BCUT2D eigenvalue weighted by molar-refractivity contribution is 7.92. The Hall–Kier alpha value is -1.85. The Morgan fingerprint density at radius 3 is 2.14 bits per heavy atom. The Labute approximate surface area is 133 Å². The summed E-state index contributed by atoms with van der Waals surface area (Å²) >= 11 is 5.82. The van der Waals surface area contributed by atoms with Crippen LogP contribution in [0, 0.1) is 5.92 Å². The van der Waals surface area contributed by atoms with Gasteiger partial charge in [0.05, 0.1) is 16.1 Å². The first kappa shape index (κ1) is 15.1. The average Bonchev–Trinajstić information content (AvgIpc) is 3.25. The molecule has 3 rings (SSSR count). The standard InChI is InChI=1S/C16H13ClO4S/c17-11-8-6-10(7-9-11)13-14(16(18)19)15(13)22(20,21)12-4-2-1-3-5-12/h1-9,13-15H,(H,18,19)/t13-,14-,15+/m1/s1. The van der Waals surface area contributed by atoms with Crippen LogP contribution in [0.3, 0.4) is 0 Å². The van der Waals surface area contributed by atoms with E-state index < -0.39 is 32.9 Å². The SMILES string of the molecule is O=C(O)[C@@H]1[C@@H](c2ccc(Cl)cc2)[C@@H]1S(=O)(=O)c1ccccc1. The lowest BCUT2D eigenvalue weighted by Gasteiger charge is -2.04. The summed E-state index contributed by atoms with van der Waals surface area (Å²) in [6.45, 7) is 0. The van der Waals surface area contributed by atoms with E-state index in [1.54, 1.807) is 42.5 Å². The molecular weight excluding hydrogens is 324 g/mol. The third kappa shape index (κ3) is 2.51. The molecular formula is C16H13ClO4S.